The molecule has 0 radical (unpaired) electrons. The van der Waals surface area contributed by atoms with Crippen molar-refractivity contribution < 1.29 is 0 Å². The number of nitrogens with zero attached hydrogens (tertiary/aromatic N) is 5. The molecule has 0 spiro atoms. The number of benzene rings is 7. The predicted molar refractivity (Wildman–Crippen MR) is 203 cm³/mol. The minimum absolute atomic E-state index is 0.546. The van der Waals surface area contributed by atoms with Gasteiger partial charge in [-0.05, 0) is 76.7 Å². The summed E-state index contributed by atoms with van der Waals surface area (Å²) in [4.78, 5) is 7.72. The van der Waals surface area contributed by atoms with E-state index < -0.39 is 0 Å². The van der Waals surface area contributed by atoms with Gasteiger partial charge in [-0.25, -0.2) is 9.69 Å². The zero-order valence-electron chi connectivity index (χ0n) is 26.7. The van der Waals surface area contributed by atoms with E-state index in [1.165, 1.54) is 10.8 Å². The molecular weight excluding hydrogens is 611 g/mol. The second-order valence-electron chi connectivity index (χ2n) is 12.2. The molecule has 0 bridgehead atoms. The third-order valence-corrected chi connectivity index (χ3v) is 9.58. The first-order chi connectivity index (χ1) is 24.7. The van der Waals surface area contributed by atoms with Crippen LogP contribution in [0.25, 0.3) is 86.9 Å². The van der Waals surface area contributed by atoms with Gasteiger partial charge in [0.25, 0.3) is 0 Å². The first kappa shape index (κ1) is 28.8. The van der Waals surface area contributed by atoms with Crippen LogP contribution in [0.1, 0.15) is 5.56 Å². The third-order valence-electron chi connectivity index (χ3n) is 9.58. The highest BCUT2D eigenvalue weighted by Gasteiger charge is 2.20. The van der Waals surface area contributed by atoms with Gasteiger partial charge >= 0.3 is 0 Å². The van der Waals surface area contributed by atoms with Crippen molar-refractivity contribution in [2.45, 2.75) is 0 Å². The van der Waals surface area contributed by atoms with E-state index in [9.17, 15) is 5.26 Å². The molecule has 0 aliphatic carbocycles. The molecule has 0 saturated carbocycles. The molecule has 0 atom stereocenters. The topological polar surface area (TPSA) is 42.4 Å². The van der Waals surface area contributed by atoms with Crippen LogP contribution in [0.4, 0.5) is 11.4 Å². The lowest BCUT2D eigenvalue weighted by molar-refractivity contribution is 1.18. The van der Waals surface area contributed by atoms with Gasteiger partial charge in [0.15, 0.2) is 5.69 Å². The lowest BCUT2D eigenvalue weighted by atomic mass is 9.92. The maximum absolute atomic E-state index is 9.67. The van der Waals surface area contributed by atoms with Crippen LogP contribution in [0.15, 0.2) is 152 Å². The van der Waals surface area contributed by atoms with Crippen LogP contribution in [-0.4, -0.2) is 9.13 Å². The van der Waals surface area contributed by atoms with Crippen molar-refractivity contribution in [3.8, 4) is 39.7 Å². The van der Waals surface area contributed by atoms with Crippen LogP contribution in [0.2, 0.25) is 0 Å². The average Bonchev–Trinajstić information content (AvgIpc) is 3.70. The number of hydrogen-bond acceptors (Lipinski definition) is 1. The molecular formula is C45H25N5. The zero-order valence-corrected chi connectivity index (χ0v) is 26.7. The summed E-state index contributed by atoms with van der Waals surface area (Å²) in [6.45, 7) is 15.9. The monoisotopic (exact) mass is 635 g/mol. The SMILES string of the molecule is [C-]#[N+]c1ccc(-c2cccc(-n3c4ccc(C#N)cc4c4cccc([N+]#[C-])c43)c2)c(-c2ccccc2-n2c3ccccc3c3ccccc32)c1. The Morgan fingerprint density at radius 2 is 1.20 bits per heavy atom. The van der Waals surface area contributed by atoms with E-state index in [4.69, 9.17) is 13.1 Å². The van der Waals surface area contributed by atoms with E-state index in [0.717, 1.165) is 66.5 Å². The van der Waals surface area contributed by atoms with Crippen molar-refractivity contribution in [2.75, 3.05) is 0 Å². The molecule has 2 aromatic heterocycles. The van der Waals surface area contributed by atoms with E-state index in [1.807, 2.05) is 60.7 Å². The normalized spacial score (nSPS) is 11.1. The second-order valence-corrected chi connectivity index (χ2v) is 12.2. The van der Waals surface area contributed by atoms with Crippen LogP contribution >= 0.6 is 0 Å². The Morgan fingerprint density at radius 3 is 1.96 bits per heavy atom. The van der Waals surface area contributed by atoms with E-state index in [2.05, 4.69) is 116 Å². The molecule has 2 heterocycles. The fraction of sp³-hybridized carbons (Fsp3) is 0. The largest absolute Gasteiger partial charge is 0.319 e. The first-order valence-corrected chi connectivity index (χ1v) is 16.2. The Hall–Kier alpha value is -7.39. The Kier molecular flexibility index (Phi) is 6.56. The molecule has 0 aliphatic heterocycles. The minimum Gasteiger partial charge on any atom is -0.319 e. The summed E-state index contributed by atoms with van der Waals surface area (Å²) in [5, 5.41) is 13.9. The molecule has 0 saturated heterocycles. The molecule has 5 nitrogen and oxygen atoms in total. The standard InChI is InChI=1S/C45H25N5/c1-47-31-22-23-33(38(27-31)36-15-5-8-20-43(36)50-41-18-6-3-13-34(41)35-14-4-7-19-42(35)50)30-11-9-12-32(26-30)49-44-24-21-29(28-46)25-39(44)37-16-10-17-40(48-2)45(37)49/h3-27H. The van der Waals surface area contributed by atoms with Crippen molar-refractivity contribution in [3.63, 3.8) is 0 Å². The van der Waals surface area contributed by atoms with E-state index in [0.29, 0.717) is 16.9 Å². The highest BCUT2D eigenvalue weighted by atomic mass is 15.0. The molecule has 0 N–H and O–H groups in total. The van der Waals surface area contributed by atoms with Gasteiger partial charge in [-0.2, -0.15) is 5.26 Å². The number of para-hydroxylation sites is 4. The highest BCUT2D eigenvalue weighted by Crippen LogP contribution is 2.43. The van der Waals surface area contributed by atoms with Crippen molar-refractivity contribution in [3.05, 3.63) is 180 Å². The van der Waals surface area contributed by atoms with Crippen LogP contribution < -0.4 is 0 Å². The van der Waals surface area contributed by atoms with Gasteiger partial charge in [0.2, 0.25) is 5.69 Å². The maximum atomic E-state index is 9.67. The fourth-order valence-corrected chi connectivity index (χ4v) is 7.45. The molecule has 230 valence electrons. The number of rotatable bonds is 4. The summed E-state index contributed by atoms with van der Waals surface area (Å²) in [6.07, 6.45) is 0. The van der Waals surface area contributed by atoms with Crippen molar-refractivity contribution in [1.29, 1.82) is 5.26 Å². The Morgan fingerprint density at radius 1 is 0.500 bits per heavy atom. The number of hydrogen-bond donors (Lipinski definition) is 0. The molecule has 9 rings (SSSR count). The highest BCUT2D eigenvalue weighted by molar-refractivity contribution is 6.14. The quantitative estimate of drug-likeness (QED) is 0.177. The Balaban J connectivity index is 1.30. The number of aromatic nitrogens is 2. The van der Waals surface area contributed by atoms with Gasteiger partial charge in [0, 0.05) is 27.4 Å². The second kappa shape index (κ2) is 11.4. The van der Waals surface area contributed by atoms with E-state index in [-0.39, 0.29) is 0 Å². The summed E-state index contributed by atoms with van der Waals surface area (Å²) >= 11 is 0. The van der Waals surface area contributed by atoms with Gasteiger partial charge < -0.3 is 9.13 Å². The van der Waals surface area contributed by atoms with Crippen molar-refractivity contribution in [1.82, 2.24) is 9.13 Å². The van der Waals surface area contributed by atoms with Crippen LogP contribution in [0, 0.1) is 24.5 Å². The summed E-state index contributed by atoms with van der Waals surface area (Å²) in [6, 6.07) is 53.3. The average molecular weight is 636 g/mol. The summed E-state index contributed by atoms with van der Waals surface area (Å²) in [7, 11) is 0. The predicted octanol–water partition coefficient (Wildman–Crippen LogP) is 12.2. The van der Waals surface area contributed by atoms with Gasteiger partial charge in [-0.3, -0.25) is 0 Å². The molecule has 9 aromatic rings. The lowest BCUT2D eigenvalue weighted by Gasteiger charge is -2.18. The molecule has 0 amide bonds. The minimum atomic E-state index is 0.546. The molecule has 0 unspecified atom stereocenters. The lowest BCUT2D eigenvalue weighted by Crippen LogP contribution is -1.98. The summed E-state index contributed by atoms with van der Waals surface area (Å²) in [5.74, 6) is 0. The van der Waals surface area contributed by atoms with E-state index in [1.54, 1.807) is 0 Å². The summed E-state index contributed by atoms with van der Waals surface area (Å²) in [5.41, 5.74) is 11.5. The van der Waals surface area contributed by atoms with Crippen LogP contribution in [0.5, 0.6) is 0 Å². The van der Waals surface area contributed by atoms with Gasteiger partial charge in [0.05, 0.1) is 52.5 Å². The molecule has 0 fully saturated rings. The number of nitriles is 1. The summed E-state index contributed by atoms with van der Waals surface area (Å²) < 4.78 is 4.45. The Labute approximate surface area is 288 Å². The van der Waals surface area contributed by atoms with Crippen molar-refractivity contribution in [2.24, 2.45) is 0 Å². The van der Waals surface area contributed by atoms with Gasteiger partial charge in [-0.1, -0.05) is 97.1 Å². The van der Waals surface area contributed by atoms with Gasteiger partial charge in [0.1, 0.15) is 0 Å². The molecule has 7 aromatic carbocycles. The van der Waals surface area contributed by atoms with Crippen LogP contribution in [-0.2, 0) is 0 Å². The Bertz CT molecular complexity index is 2920. The number of fused-ring (bicyclic) bond motifs is 6. The van der Waals surface area contributed by atoms with E-state index >= 15 is 0 Å². The molecule has 50 heavy (non-hydrogen) atoms. The zero-order chi connectivity index (χ0) is 33.8. The van der Waals surface area contributed by atoms with Crippen molar-refractivity contribution >= 4 is 55.0 Å². The molecule has 5 heteroatoms. The van der Waals surface area contributed by atoms with Crippen LogP contribution in [0.3, 0.4) is 0 Å². The fourth-order valence-electron chi connectivity index (χ4n) is 7.45. The smallest absolute Gasteiger partial charge is 0.211 e. The third kappa shape index (κ3) is 4.31. The molecule has 0 aliphatic rings. The van der Waals surface area contributed by atoms with Gasteiger partial charge in [-0.15, -0.1) is 0 Å². The maximum Gasteiger partial charge on any atom is 0.211 e. The first-order valence-electron chi connectivity index (χ1n) is 16.2.